The second-order valence-corrected chi connectivity index (χ2v) is 7.44. The van der Waals surface area contributed by atoms with Crippen LogP contribution >= 0.6 is 11.8 Å². The summed E-state index contributed by atoms with van der Waals surface area (Å²) in [5.41, 5.74) is 1.71. The van der Waals surface area contributed by atoms with Crippen molar-refractivity contribution in [2.24, 2.45) is 4.40 Å². The van der Waals surface area contributed by atoms with Gasteiger partial charge >= 0.3 is 0 Å². The zero-order valence-electron chi connectivity index (χ0n) is 12.9. The van der Waals surface area contributed by atoms with Crippen LogP contribution in [0.1, 0.15) is 5.56 Å². The van der Waals surface area contributed by atoms with E-state index < -0.39 is 10.0 Å². The topological polar surface area (TPSA) is 77.4 Å². The normalized spacial score (nSPS) is 18.8. The van der Waals surface area contributed by atoms with E-state index in [0.717, 1.165) is 11.3 Å². The van der Waals surface area contributed by atoms with Crippen molar-refractivity contribution in [3.05, 3.63) is 23.1 Å². The lowest BCUT2D eigenvalue weighted by Gasteiger charge is -2.25. The van der Waals surface area contributed by atoms with Gasteiger partial charge in [0.15, 0.2) is 16.7 Å². The molecule has 0 spiro atoms. The Labute approximate surface area is 139 Å². The van der Waals surface area contributed by atoms with E-state index in [1.807, 2.05) is 22.4 Å². The summed E-state index contributed by atoms with van der Waals surface area (Å²) in [6.45, 7) is 0.372. The predicted molar refractivity (Wildman–Crippen MR) is 89.6 cm³/mol. The summed E-state index contributed by atoms with van der Waals surface area (Å²) in [6.07, 6.45) is 0. The van der Waals surface area contributed by atoms with E-state index in [1.54, 1.807) is 21.3 Å². The number of hydrogen-bond donors (Lipinski definition) is 0. The number of hydrogen-bond acceptors (Lipinski definition) is 7. The van der Waals surface area contributed by atoms with Crippen LogP contribution in [0.15, 0.2) is 21.9 Å². The zero-order chi connectivity index (χ0) is 16.6. The summed E-state index contributed by atoms with van der Waals surface area (Å²) in [5, 5.41) is 2.35. The number of nitrogens with zero attached hydrogens (tertiary/aromatic N) is 2. The van der Waals surface area contributed by atoms with Gasteiger partial charge in [0.2, 0.25) is 5.75 Å². The molecule has 0 N–H and O–H groups in total. The number of thioether (sulfide) groups is 1. The number of fused-ring (bicyclic) bond motifs is 1. The fraction of sp³-hybridized carbons (Fsp3) is 0.357. The first kappa shape index (κ1) is 16.0. The number of rotatable bonds is 4. The van der Waals surface area contributed by atoms with Gasteiger partial charge in [-0.1, -0.05) is 11.8 Å². The third-order valence-corrected chi connectivity index (χ3v) is 5.68. The van der Waals surface area contributed by atoms with Crippen LogP contribution in [0.3, 0.4) is 0 Å². The molecule has 1 aromatic rings. The molecular weight excluding hydrogens is 340 g/mol. The molecule has 124 valence electrons. The third kappa shape index (κ3) is 2.86. The van der Waals surface area contributed by atoms with Crippen LogP contribution in [0.2, 0.25) is 0 Å². The van der Waals surface area contributed by atoms with Crippen molar-refractivity contribution in [1.29, 1.82) is 0 Å². The van der Waals surface area contributed by atoms with Gasteiger partial charge in [0, 0.05) is 17.5 Å². The summed E-state index contributed by atoms with van der Waals surface area (Å²) in [6, 6.07) is 3.67. The van der Waals surface area contributed by atoms with Crippen molar-refractivity contribution < 1.29 is 22.6 Å². The van der Waals surface area contributed by atoms with Gasteiger partial charge in [-0.2, -0.15) is 0 Å². The Balaban J connectivity index is 2.04. The maximum absolute atomic E-state index is 11.6. The van der Waals surface area contributed by atoms with Gasteiger partial charge < -0.3 is 19.1 Å². The van der Waals surface area contributed by atoms with E-state index in [0.29, 0.717) is 29.0 Å². The summed E-state index contributed by atoms with van der Waals surface area (Å²) in [4.78, 5) is 1.88. The van der Waals surface area contributed by atoms with E-state index in [-0.39, 0.29) is 5.75 Å². The molecule has 0 saturated carbocycles. The van der Waals surface area contributed by atoms with E-state index in [4.69, 9.17) is 14.2 Å². The largest absolute Gasteiger partial charge is 0.493 e. The first-order valence-corrected chi connectivity index (χ1v) is 9.25. The maximum atomic E-state index is 11.6. The Kier molecular flexibility index (Phi) is 4.15. The number of ether oxygens (including phenoxy) is 3. The van der Waals surface area contributed by atoms with Crippen LogP contribution in [0.4, 0.5) is 0 Å². The second-order valence-electron chi connectivity index (χ2n) is 4.85. The number of sulfonamides is 1. The van der Waals surface area contributed by atoms with E-state index in [2.05, 4.69) is 4.40 Å². The third-order valence-electron chi connectivity index (χ3n) is 3.55. The van der Waals surface area contributed by atoms with Gasteiger partial charge in [0.05, 0.1) is 32.8 Å². The molecule has 2 heterocycles. The molecule has 0 bridgehead atoms. The van der Waals surface area contributed by atoms with E-state index in [1.165, 1.54) is 11.8 Å². The molecule has 2 aliphatic rings. The van der Waals surface area contributed by atoms with Crippen LogP contribution < -0.4 is 14.2 Å². The molecule has 0 radical (unpaired) electrons. The molecule has 0 fully saturated rings. The Hall–Kier alpha value is -1.87. The molecule has 0 saturated heterocycles. The minimum atomic E-state index is -3.36. The molecule has 0 atom stereocenters. The highest BCUT2D eigenvalue weighted by molar-refractivity contribution is 8.17. The van der Waals surface area contributed by atoms with E-state index >= 15 is 0 Å². The van der Waals surface area contributed by atoms with Crippen molar-refractivity contribution in [1.82, 2.24) is 4.90 Å². The first-order chi connectivity index (χ1) is 11.0. The Morgan fingerprint density at radius 3 is 2.35 bits per heavy atom. The molecule has 0 amide bonds. The standard InChI is InChI=1S/C14H16N2O5S2/c1-19-11-6-9(7-12(20-2)13(11)21-3)10-8-22-14-15-23(17,18)5-4-16(10)14/h6-8H,4-5H2,1-3H3. The Morgan fingerprint density at radius 1 is 1.13 bits per heavy atom. The first-order valence-electron chi connectivity index (χ1n) is 6.76. The SMILES string of the molecule is COc1cc(C2=CSC3=NS(=O)(=O)CCN23)cc(OC)c1OC. The minimum Gasteiger partial charge on any atom is -0.493 e. The summed E-state index contributed by atoms with van der Waals surface area (Å²) >= 11 is 1.29. The van der Waals surface area contributed by atoms with Gasteiger partial charge in [-0.15, -0.1) is 4.40 Å². The highest BCUT2D eigenvalue weighted by Gasteiger charge is 2.32. The number of methoxy groups -OCH3 is 3. The molecule has 9 heteroatoms. The van der Waals surface area contributed by atoms with Gasteiger partial charge in [-0.05, 0) is 12.1 Å². The minimum absolute atomic E-state index is 0.00117. The Bertz CT molecular complexity index is 776. The van der Waals surface area contributed by atoms with Gasteiger partial charge in [0.25, 0.3) is 10.0 Å². The van der Waals surface area contributed by atoms with Crippen LogP contribution in [-0.4, -0.2) is 52.1 Å². The highest BCUT2D eigenvalue weighted by Crippen LogP contribution is 2.43. The lowest BCUT2D eigenvalue weighted by atomic mass is 10.1. The molecule has 0 aliphatic carbocycles. The molecule has 23 heavy (non-hydrogen) atoms. The van der Waals surface area contributed by atoms with Crippen molar-refractivity contribution >= 4 is 32.6 Å². The monoisotopic (exact) mass is 356 g/mol. The van der Waals surface area contributed by atoms with Crippen molar-refractivity contribution in [2.75, 3.05) is 33.6 Å². The van der Waals surface area contributed by atoms with Gasteiger partial charge in [-0.25, -0.2) is 8.42 Å². The molecule has 2 aliphatic heterocycles. The lowest BCUT2D eigenvalue weighted by Crippen LogP contribution is -2.34. The van der Waals surface area contributed by atoms with Gasteiger partial charge in [-0.3, -0.25) is 0 Å². The smallest absolute Gasteiger partial charge is 0.257 e. The lowest BCUT2D eigenvalue weighted by molar-refractivity contribution is 0.324. The molecule has 3 rings (SSSR count). The highest BCUT2D eigenvalue weighted by atomic mass is 32.2. The van der Waals surface area contributed by atoms with Crippen LogP contribution in [0, 0.1) is 0 Å². The van der Waals surface area contributed by atoms with Crippen LogP contribution in [-0.2, 0) is 10.0 Å². The van der Waals surface area contributed by atoms with Crippen molar-refractivity contribution in [3.8, 4) is 17.2 Å². The zero-order valence-corrected chi connectivity index (χ0v) is 14.5. The predicted octanol–water partition coefficient (Wildman–Crippen LogP) is 1.76. The molecule has 7 nitrogen and oxygen atoms in total. The summed E-state index contributed by atoms with van der Waals surface area (Å²) in [7, 11) is 1.30. The maximum Gasteiger partial charge on any atom is 0.257 e. The molecule has 1 aromatic carbocycles. The fourth-order valence-corrected chi connectivity index (χ4v) is 4.60. The quantitative estimate of drug-likeness (QED) is 0.813. The van der Waals surface area contributed by atoms with Crippen molar-refractivity contribution in [2.45, 2.75) is 0 Å². The average molecular weight is 356 g/mol. The van der Waals surface area contributed by atoms with Gasteiger partial charge in [0.1, 0.15) is 0 Å². The van der Waals surface area contributed by atoms with Crippen molar-refractivity contribution in [3.63, 3.8) is 0 Å². The second kappa shape index (κ2) is 5.97. The van der Waals surface area contributed by atoms with E-state index in [9.17, 15) is 8.42 Å². The number of benzene rings is 1. The number of amidine groups is 1. The molecule has 0 unspecified atom stereocenters. The summed E-state index contributed by atoms with van der Waals surface area (Å²) < 4.78 is 43.1. The molecule has 0 aromatic heterocycles. The van der Waals surface area contributed by atoms with Crippen LogP contribution in [0.5, 0.6) is 17.2 Å². The molecular formula is C14H16N2O5S2. The average Bonchev–Trinajstić information content (AvgIpc) is 2.94. The Morgan fingerprint density at radius 2 is 1.78 bits per heavy atom. The van der Waals surface area contributed by atoms with Crippen LogP contribution in [0.25, 0.3) is 5.70 Å². The fourth-order valence-electron chi connectivity index (χ4n) is 2.45. The summed E-state index contributed by atoms with van der Waals surface area (Å²) in [5.74, 6) is 1.60.